The van der Waals surface area contributed by atoms with Crippen LogP contribution in [0.5, 0.6) is 0 Å². The van der Waals surface area contributed by atoms with Gasteiger partial charge in [0.05, 0.1) is 17.6 Å². The third-order valence-electron chi connectivity index (χ3n) is 3.47. The lowest BCUT2D eigenvalue weighted by atomic mass is 10.1. The van der Waals surface area contributed by atoms with Crippen LogP contribution in [0, 0.1) is 0 Å². The number of nitrogens with one attached hydrogen (secondary N) is 1. The van der Waals surface area contributed by atoms with Gasteiger partial charge in [0.2, 0.25) is 5.91 Å². The van der Waals surface area contributed by atoms with Gasteiger partial charge in [-0.2, -0.15) is 0 Å². The predicted octanol–water partition coefficient (Wildman–Crippen LogP) is -1.25. The van der Waals surface area contributed by atoms with E-state index in [0.717, 1.165) is 12.8 Å². The Balaban J connectivity index is 1.87. The molecule has 0 aliphatic carbocycles. The van der Waals surface area contributed by atoms with Crippen LogP contribution in [-0.4, -0.2) is 67.6 Å². The Morgan fingerprint density at radius 3 is 2.89 bits per heavy atom. The van der Waals surface area contributed by atoms with Crippen molar-refractivity contribution in [2.75, 3.05) is 31.1 Å². The van der Waals surface area contributed by atoms with Gasteiger partial charge >= 0.3 is 0 Å². The largest absolute Gasteiger partial charge is 0.391 e. The smallest absolute Gasteiger partial charge is 0.224 e. The number of sulfone groups is 1. The van der Waals surface area contributed by atoms with Crippen LogP contribution in [0.4, 0.5) is 0 Å². The summed E-state index contributed by atoms with van der Waals surface area (Å²) in [7, 11) is -3.00. The molecule has 0 aromatic carbocycles. The number of hydrogen-bond acceptors (Lipinski definition) is 5. The molecule has 1 unspecified atom stereocenters. The lowest BCUT2D eigenvalue weighted by Crippen LogP contribution is -2.49. The fraction of sp³-hybridized carbons (Fsp3) is 0.909. The van der Waals surface area contributed by atoms with Crippen molar-refractivity contribution in [2.45, 2.75) is 31.4 Å². The number of aliphatic hydroxyl groups is 1. The van der Waals surface area contributed by atoms with Crippen molar-refractivity contribution in [3.8, 4) is 0 Å². The molecule has 0 aromatic rings. The number of piperidine rings is 1. The first-order valence-electron chi connectivity index (χ1n) is 6.36. The van der Waals surface area contributed by atoms with E-state index in [1.807, 2.05) is 0 Å². The highest BCUT2D eigenvalue weighted by atomic mass is 32.2. The summed E-state index contributed by atoms with van der Waals surface area (Å²) in [4.78, 5) is 13.6. The third-order valence-corrected chi connectivity index (χ3v) is 5.21. The van der Waals surface area contributed by atoms with E-state index in [9.17, 15) is 18.3 Å². The quantitative estimate of drug-likeness (QED) is 0.658. The van der Waals surface area contributed by atoms with Crippen molar-refractivity contribution in [3.63, 3.8) is 0 Å². The summed E-state index contributed by atoms with van der Waals surface area (Å²) in [6.07, 6.45) is 1.31. The Bertz CT molecular complexity index is 409. The molecular formula is C11H20N2O4S. The monoisotopic (exact) mass is 276 g/mol. The van der Waals surface area contributed by atoms with E-state index in [1.165, 1.54) is 0 Å². The van der Waals surface area contributed by atoms with Gasteiger partial charge < -0.3 is 15.3 Å². The second-order valence-corrected chi connectivity index (χ2v) is 7.33. The number of carbonyl (C=O) groups excluding carboxylic acids is 1. The summed E-state index contributed by atoms with van der Waals surface area (Å²) in [5.41, 5.74) is 0. The van der Waals surface area contributed by atoms with Gasteiger partial charge in [-0.3, -0.25) is 4.79 Å². The van der Waals surface area contributed by atoms with Crippen LogP contribution in [0.15, 0.2) is 0 Å². The van der Waals surface area contributed by atoms with Crippen LogP contribution in [0.1, 0.15) is 19.3 Å². The van der Waals surface area contributed by atoms with Crippen molar-refractivity contribution in [3.05, 3.63) is 0 Å². The molecule has 2 aliphatic heterocycles. The van der Waals surface area contributed by atoms with Crippen molar-refractivity contribution in [1.82, 2.24) is 10.2 Å². The molecule has 2 atom stereocenters. The van der Waals surface area contributed by atoms with Gasteiger partial charge in [0.15, 0.2) is 9.84 Å². The molecule has 7 heteroatoms. The first kappa shape index (κ1) is 13.8. The zero-order valence-electron chi connectivity index (χ0n) is 10.3. The number of amides is 1. The van der Waals surface area contributed by atoms with Crippen molar-refractivity contribution < 1.29 is 18.3 Å². The van der Waals surface area contributed by atoms with E-state index in [0.29, 0.717) is 19.6 Å². The van der Waals surface area contributed by atoms with Gasteiger partial charge in [-0.15, -0.1) is 0 Å². The van der Waals surface area contributed by atoms with Crippen molar-refractivity contribution in [2.24, 2.45) is 0 Å². The summed E-state index contributed by atoms with van der Waals surface area (Å²) < 4.78 is 22.9. The molecule has 2 aliphatic rings. The molecule has 18 heavy (non-hydrogen) atoms. The van der Waals surface area contributed by atoms with Gasteiger partial charge in [0, 0.05) is 32.1 Å². The predicted molar refractivity (Wildman–Crippen MR) is 66.9 cm³/mol. The minimum atomic E-state index is -3.00. The summed E-state index contributed by atoms with van der Waals surface area (Å²) >= 11 is 0. The number of β-amino-alcohol motifs (C(OH)–C–C–N with tert-alkyl or cyclic N) is 1. The molecule has 104 valence electrons. The van der Waals surface area contributed by atoms with Gasteiger partial charge in [-0.25, -0.2) is 8.42 Å². The van der Waals surface area contributed by atoms with Crippen LogP contribution >= 0.6 is 0 Å². The number of likely N-dealkylation sites (tertiary alicyclic amines) is 1. The second kappa shape index (κ2) is 5.54. The van der Waals surface area contributed by atoms with Crippen LogP contribution in [-0.2, 0) is 14.6 Å². The average molecular weight is 276 g/mol. The highest BCUT2D eigenvalue weighted by Crippen LogP contribution is 2.13. The topological polar surface area (TPSA) is 86.7 Å². The molecule has 2 fully saturated rings. The van der Waals surface area contributed by atoms with E-state index < -0.39 is 15.9 Å². The number of carbonyl (C=O) groups is 1. The molecule has 0 radical (unpaired) electrons. The van der Waals surface area contributed by atoms with Crippen LogP contribution in [0.2, 0.25) is 0 Å². The Hall–Kier alpha value is -0.660. The molecule has 0 bridgehead atoms. The minimum absolute atomic E-state index is 0.0368. The lowest BCUT2D eigenvalue weighted by molar-refractivity contribution is -0.134. The Morgan fingerprint density at radius 1 is 1.44 bits per heavy atom. The average Bonchev–Trinajstić information content (AvgIpc) is 2.27. The first-order chi connectivity index (χ1) is 8.46. The molecule has 0 saturated carbocycles. The van der Waals surface area contributed by atoms with E-state index in [4.69, 9.17) is 0 Å². The summed E-state index contributed by atoms with van der Waals surface area (Å²) in [5, 5.41) is 12.6. The normalized spacial score (nSPS) is 32.2. The summed E-state index contributed by atoms with van der Waals surface area (Å²) in [5.74, 6) is 0.123. The van der Waals surface area contributed by atoms with Crippen molar-refractivity contribution >= 4 is 15.7 Å². The third kappa shape index (κ3) is 3.66. The maximum Gasteiger partial charge on any atom is 0.224 e. The number of hydrogen-bond donors (Lipinski definition) is 2. The first-order valence-corrected chi connectivity index (χ1v) is 8.18. The molecule has 2 N–H and O–H groups in total. The molecule has 2 saturated heterocycles. The van der Waals surface area contributed by atoms with E-state index in [-0.39, 0.29) is 29.9 Å². The Morgan fingerprint density at radius 2 is 2.22 bits per heavy atom. The van der Waals surface area contributed by atoms with E-state index in [1.54, 1.807) is 4.90 Å². The number of aliphatic hydroxyl groups excluding tert-OH is 1. The standard InChI is InChI=1S/C11H20N2O4S/c14-10-2-1-4-13(7-10)11(15)6-9-8-18(16,17)5-3-12-9/h9-10,12,14H,1-8H2/t9?,10-/m0/s1. The van der Waals surface area contributed by atoms with Gasteiger partial charge in [0.1, 0.15) is 0 Å². The fourth-order valence-electron chi connectivity index (χ4n) is 2.52. The molecule has 0 spiro atoms. The van der Waals surface area contributed by atoms with Gasteiger partial charge in [0.25, 0.3) is 0 Å². The number of nitrogens with zero attached hydrogens (tertiary/aromatic N) is 1. The Labute approximate surface area is 107 Å². The zero-order valence-corrected chi connectivity index (χ0v) is 11.2. The maximum absolute atomic E-state index is 12.0. The SMILES string of the molecule is O=C(CC1CS(=O)(=O)CCN1)N1CCC[C@H](O)C1. The molecule has 1 amide bonds. The molecular weight excluding hydrogens is 256 g/mol. The number of rotatable bonds is 2. The zero-order chi connectivity index (χ0) is 13.2. The molecule has 2 heterocycles. The van der Waals surface area contributed by atoms with E-state index in [2.05, 4.69) is 5.32 Å². The minimum Gasteiger partial charge on any atom is -0.391 e. The summed E-state index contributed by atoms with van der Waals surface area (Å²) in [6, 6.07) is -0.282. The highest BCUT2D eigenvalue weighted by Gasteiger charge is 2.29. The van der Waals surface area contributed by atoms with E-state index >= 15 is 0 Å². The second-order valence-electron chi connectivity index (χ2n) is 5.11. The summed E-state index contributed by atoms with van der Waals surface area (Å²) in [6.45, 7) is 1.45. The molecule has 6 nitrogen and oxygen atoms in total. The van der Waals surface area contributed by atoms with Crippen LogP contribution in [0.25, 0.3) is 0 Å². The molecule has 0 aromatic heterocycles. The fourth-order valence-corrected chi connectivity index (χ4v) is 3.96. The van der Waals surface area contributed by atoms with Crippen LogP contribution in [0.3, 0.4) is 0 Å². The Kier molecular flexibility index (Phi) is 4.24. The van der Waals surface area contributed by atoms with Gasteiger partial charge in [-0.05, 0) is 12.8 Å². The van der Waals surface area contributed by atoms with Crippen LogP contribution < -0.4 is 5.32 Å². The van der Waals surface area contributed by atoms with Gasteiger partial charge in [-0.1, -0.05) is 0 Å². The molecule has 2 rings (SSSR count). The highest BCUT2D eigenvalue weighted by molar-refractivity contribution is 7.91. The lowest BCUT2D eigenvalue weighted by Gasteiger charge is -2.32. The van der Waals surface area contributed by atoms with Crippen molar-refractivity contribution in [1.29, 1.82) is 0 Å². The maximum atomic E-state index is 12.0.